The number of ketones is 2. The zero-order chi connectivity index (χ0) is 54.4. The Hall–Kier alpha value is -8.78. The molecule has 396 valence electrons. The number of hydrogen-bond donors (Lipinski definition) is 4. The van der Waals surface area contributed by atoms with Crippen molar-refractivity contribution in [2.45, 2.75) is 39.5 Å². The first-order chi connectivity index (χ1) is 37.1. The van der Waals surface area contributed by atoms with Gasteiger partial charge in [-0.05, 0) is 135 Å². The van der Waals surface area contributed by atoms with Gasteiger partial charge >= 0.3 is 5.97 Å². The molecule has 8 heterocycles. The normalized spacial score (nSPS) is 14.1. The van der Waals surface area contributed by atoms with Crippen LogP contribution in [0.1, 0.15) is 67.3 Å². The molecule has 77 heavy (non-hydrogen) atoms. The minimum atomic E-state index is -1.07. The van der Waals surface area contributed by atoms with Crippen molar-refractivity contribution in [3.05, 3.63) is 155 Å². The molecule has 2 fully saturated rings. The molecule has 0 aliphatic carbocycles. The number of carboxylic acids is 1. The maximum atomic E-state index is 12.8. The van der Waals surface area contributed by atoms with Crippen molar-refractivity contribution in [1.29, 1.82) is 0 Å². The number of nitrogens with one attached hydrogen (secondary N) is 1. The van der Waals surface area contributed by atoms with Crippen LogP contribution in [-0.2, 0) is 22.4 Å². The Labute approximate surface area is 445 Å². The van der Waals surface area contributed by atoms with Crippen LogP contribution in [-0.4, -0.2) is 140 Å². The Bertz CT molecular complexity index is 3390. The van der Waals surface area contributed by atoms with Crippen LogP contribution in [0.5, 0.6) is 0 Å². The van der Waals surface area contributed by atoms with Gasteiger partial charge < -0.3 is 45.4 Å². The first-order valence-electron chi connectivity index (χ1n) is 25.3. The zero-order valence-corrected chi connectivity index (χ0v) is 43.6. The Morgan fingerprint density at radius 2 is 1.03 bits per heavy atom. The quantitative estimate of drug-likeness (QED) is 0.0773. The van der Waals surface area contributed by atoms with E-state index in [9.17, 15) is 19.2 Å². The molecule has 2 saturated heterocycles. The van der Waals surface area contributed by atoms with Crippen molar-refractivity contribution >= 4 is 69.2 Å². The van der Waals surface area contributed by atoms with Gasteiger partial charge in [0, 0.05) is 137 Å². The number of aromatic nitrogens is 6. The monoisotopic (exact) mass is 1040 g/mol. The fourth-order valence-electron chi connectivity index (χ4n) is 8.48. The molecule has 0 unspecified atom stereocenters. The van der Waals surface area contributed by atoms with Crippen molar-refractivity contribution in [1.82, 2.24) is 49.9 Å². The number of furan rings is 2. The average molecular weight is 1040 g/mol. The molecule has 0 bridgehead atoms. The smallest absolute Gasteiger partial charge is 0.338 e. The van der Waals surface area contributed by atoms with Gasteiger partial charge in [-0.1, -0.05) is 0 Å². The van der Waals surface area contributed by atoms with E-state index in [2.05, 4.69) is 59.1 Å². The van der Waals surface area contributed by atoms with Crippen LogP contribution in [0.2, 0.25) is 0 Å². The van der Waals surface area contributed by atoms with Gasteiger partial charge in [-0.25, -0.2) is 34.7 Å². The number of aryl methyl sites for hydroxylation is 4. The lowest BCUT2D eigenvalue weighted by molar-refractivity contribution is -0.115. The SMILES string of the molecule is CN1CCNCC1.Cc1cc(-c2ncc(C(=O)N3CCN(C)CC3)cn2)cc2cc(CCC(=O)/C=C/c3ccc(N)nc3)oc12.Cc1cc(-c2ncc(C(=O)O)cn2)cc2cc(CCC(=O)/C=C/c3ccc(N)nc3)oc12. The van der Waals surface area contributed by atoms with Gasteiger partial charge in [0.1, 0.15) is 34.3 Å². The Kier molecular flexibility index (Phi) is 18.1. The maximum absolute atomic E-state index is 12.8. The summed E-state index contributed by atoms with van der Waals surface area (Å²) in [6, 6.07) is 18.6. The number of allylic oxidation sites excluding steroid dienone is 2. The second-order valence-electron chi connectivity index (χ2n) is 19.0. The molecule has 0 atom stereocenters. The number of nitrogens with two attached hydrogens (primary N) is 2. The van der Waals surface area contributed by atoms with Gasteiger partial charge in [0.05, 0.1) is 11.1 Å². The lowest BCUT2D eigenvalue weighted by Crippen LogP contribution is -2.47. The Balaban J connectivity index is 0.000000182. The lowest BCUT2D eigenvalue weighted by Gasteiger charge is -2.32. The molecule has 19 heteroatoms. The average Bonchev–Trinajstić information content (AvgIpc) is 4.08. The molecule has 0 spiro atoms. The largest absolute Gasteiger partial charge is 0.478 e. The van der Waals surface area contributed by atoms with E-state index in [-0.39, 0.29) is 23.0 Å². The van der Waals surface area contributed by atoms with E-state index in [1.54, 1.807) is 61.2 Å². The third-order valence-corrected chi connectivity index (χ3v) is 12.9. The van der Waals surface area contributed by atoms with E-state index in [0.717, 1.165) is 87.3 Å². The zero-order valence-electron chi connectivity index (χ0n) is 43.6. The van der Waals surface area contributed by atoms with E-state index in [1.165, 1.54) is 31.6 Å². The highest BCUT2D eigenvalue weighted by Crippen LogP contribution is 2.31. The van der Waals surface area contributed by atoms with Gasteiger partial charge in [0.25, 0.3) is 5.91 Å². The van der Waals surface area contributed by atoms with Gasteiger partial charge in [-0.3, -0.25) is 14.4 Å². The summed E-state index contributed by atoms with van der Waals surface area (Å²) in [5.74, 6) is 2.17. The minimum Gasteiger partial charge on any atom is -0.478 e. The van der Waals surface area contributed by atoms with E-state index < -0.39 is 5.97 Å². The summed E-state index contributed by atoms with van der Waals surface area (Å²) < 4.78 is 12.0. The fourth-order valence-corrected chi connectivity index (χ4v) is 8.48. The number of likely N-dealkylation sites (N-methyl/N-ethyl adjacent to an activating group) is 2. The number of pyridine rings is 2. The third kappa shape index (κ3) is 15.2. The van der Waals surface area contributed by atoms with Gasteiger partial charge in [0.2, 0.25) is 0 Å². The number of anilines is 2. The van der Waals surface area contributed by atoms with Crippen LogP contribution >= 0.6 is 0 Å². The molecule has 10 rings (SSSR count). The van der Waals surface area contributed by atoms with Gasteiger partial charge in [-0.2, -0.15) is 0 Å². The van der Waals surface area contributed by atoms with Crippen LogP contribution in [0.4, 0.5) is 11.6 Å². The standard InChI is InChI=1S/C29H30N6O3.C24H20N4O4.C5H12N2/c1-19-13-22(28-32-17-23(18-33-28)29(37)35-11-9-34(2)10-12-35)14-21-15-25(38-27(19)21)7-6-24(36)5-3-20-4-8-26(30)31-16-20;1-14-8-17(23-27-12-18(13-28-23)24(30)31)9-16-10-20(32-22(14)16)6-5-19(29)4-2-15-3-7-21(25)26-11-15;1-7-4-2-6-3-5-7/h3-5,8,13-18H,6-7,9-12H2,1-2H3,(H2,30,31);2-4,7-13H,5-6H2,1H3,(H2,25,26)(H,30,31);6H,2-5H2,1H3/b5-3+;4-2+;. The molecule has 19 nitrogen and oxygen atoms in total. The van der Waals surface area contributed by atoms with Crippen molar-refractivity contribution in [2.24, 2.45) is 0 Å². The highest BCUT2D eigenvalue weighted by molar-refractivity contribution is 5.95. The predicted molar refractivity (Wildman–Crippen MR) is 297 cm³/mol. The number of nitrogens with zero attached hydrogens (tertiary/aromatic N) is 9. The number of aromatic carboxylic acids is 1. The van der Waals surface area contributed by atoms with Gasteiger partial charge in [-0.15, -0.1) is 0 Å². The highest BCUT2D eigenvalue weighted by Gasteiger charge is 2.22. The number of carbonyl (C=O) groups is 4. The summed E-state index contributed by atoms with van der Waals surface area (Å²) >= 11 is 0. The molecule has 2 aliphatic rings. The number of carboxylic acid groups (broad SMARTS) is 1. The maximum Gasteiger partial charge on any atom is 0.338 e. The van der Waals surface area contributed by atoms with Crippen LogP contribution < -0.4 is 16.8 Å². The highest BCUT2D eigenvalue weighted by atomic mass is 16.4. The fraction of sp³-hybridized carbons (Fsp3) is 0.276. The van der Waals surface area contributed by atoms with E-state index in [4.69, 9.17) is 25.4 Å². The molecule has 6 aromatic heterocycles. The number of rotatable bonds is 14. The lowest BCUT2D eigenvalue weighted by atomic mass is 10.1. The van der Waals surface area contributed by atoms with E-state index in [0.29, 0.717) is 73.4 Å². The van der Waals surface area contributed by atoms with Crippen molar-refractivity contribution in [2.75, 3.05) is 77.9 Å². The number of fused-ring (bicyclic) bond motifs is 2. The summed E-state index contributed by atoms with van der Waals surface area (Å²) in [6.45, 7) is 11.8. The number of amides is 1. The summed E-state index contributed by atoms with van der Waals surface area (Å²) in [5, 5.41) is 14.1. The van der Waals surface area contributed by atoms with Crippen molar-refractivity contribution in [3.8, 4) is 22.8 Å². The summed E-state index contributed by atoms with van der Waals surface area (Å²) in [7, 11) is 4.21. The molecular weight excluding hydrogens is 977 g/mol. The molecular formula is C58H62N12O7. The predicted octanol–water partition coefficient (Wildman–Crippen LogP) is 7.39. The Morgan fingerprint density at radius 3 is 1.43 bits per heavy atom. The summed E-state index contributed by atoms with van der Waals surface area (Å²) in [6.07, 6.45) is 17.1. The van der Waals surface area contributed by atoms with Crippen molar-refractivity contribution < 1.29 is 33.1 Å². The molecule has 6 N–H and O–H groups in total. The first-order valence-corrected chi connectivity index (χ1v) is 25.3. The van der Waals surface area contributed by atoms with Crippen LogP contribution in [0.25, 0.3) is 56.9 Å². The molecule has 0 saturated carbocycles. The molecule has 2 aromatic carbocycles. The number of piperazine rings is 2. The van der Waals surface area contributed by atoms with Gasteiger partial charge in [0.15, 0.2) is 23.2 Å². The van der Waals surface area contributed by atoms with Crippen LogP contribution in [0, 0.1) is 13.8 Å². The third-order valence-electron chi connectivity index (χ3n) is 12.9. The molecule has 0 radical (unpaired) electrons. The van der Waals surface area contributed by atoms with Crippen LogP contribution in [0.15, 0.2) is 119 Å². The van der Waals surface area contributed by atoms with Crippen molar-refractivity contribution in [3.63, 3.8) is 0 Å². The van der Waals surface area contributed by atoms with E-state index >= 15 is 0 Å². The Morgan fingerprint density at radius 1 is 0.584 bits per heavy atom. The molecule has 1 amide bonds. The summed E-state index contributed by atoms with van der Waals surface area (Å²) in [5.41, 5.74) is 18.3. The summed E-state index contributed by atoms with van der Waals surface area (Å²) in [4.78, 5) is 80.0. The number of nitrogen functional groups attached to an aromatic ring is 2. The number of benzene rings is 2. The second kappa shape index (κ2) is 25.6. The number of hydrogen-bond acceptors (Lipinski definition) is 17. The molecule has 2 aliphatic heterocycles. The second-order valence-corrected chi connectivity index (χ2v) is 19.0. The van der Waals surface area contributed by atoms with E-state index in [1.807, 2.05) is 61.2 Å². The number of carbonyl (C=O) groups excluding carboxylic acids is 3. The minimum absolute atomic E-state index is 0.000646. The molecule has 8 aromatic rings. The van der Waals surface area contributed by atoms with Crippen LogP contribution in [0.3, 0.4) is 0 Å². The first kappa shape index (κ1) is 54.5. The topological polar surface area (TPSA) is 266 Å².